The van der Waals surface area contributed by atoms with Gasteiger partial charge in [-0.3, -0.25) is 9.59 Å². The van der Waals surface area contributed by atoms with Crippen LogP contribution in [0.5, 0.6) is 11.9 Å². The number of rotatable bonds is 8. The van der Waals surface area contributed by atoms with Crippen LogP contribution >= 0.6 is 0 Å². The van der Waals surface area contributed by atoms with Crippen LogP contribution in [0.4, 0.5) is 0 Å². The van der Waals surface area contributed by atoms with Crippen LogP contribution in [0.15, 0.2) is 6.20 Å². The monoisotopic (exact) mass is 524 g/mol. The third-order valence-electron chi connectivity index (χ3n) is 5.85. The van der Waals surface area contributed by atoms with Crippen molar-refractivity contribution in [3.63, 3.8) is 0 Å². The summed E-state index contributed by atoms with van der Waals surface area (Å²) >= 11 is 0. The van der Waals surface area contributed by atoms with Gasteiger partial charge in [0.05, 0.1) is 6.61 Å². The Morgan fingerprint density at radius 1 is 0.944 bits per heavy atom. The van der Waals surface area contributed by atoms with Crippen LogP contribution < -0.4 is 9.47 Å². The predicted molar refractivity (Wildman–Crippen MR) is 139 cm³/mol. The lowest BCUT2D eigenvalue weighted by atomic mass is 10.0. The number of ketones is 2. The van der Waals surface area contributed by atoms with Crippen LogP contribution in [-0.4, -0.2) is 65.7 Å². The molecule has 2 heterocycles. The summed E-state index contributed by atoms with van der Waals surface area (Å²) in [5, 5.41) is -0.0673. The van der Waals surface area contributed by atoms with E-state index < -0.39 is 43.3 Å². The third kappa shape index (κ3) is 8.06. The number of nitrogens with zero attached hydrogens (tertiary/aromatic N) is 2. The van der Waals surface area contributed by atoms with Crippen molar-refractivity contribution >= 4 is 19.9 Å². The molecule has 204 valence electrons. The zero-order chi connectivity index (χ0) is 27.9. The minimum absolute atomic E-state index is 0.0544. The van der Waals surface area contributed by atoms with Crippen LogP contribution in [0.25, 0.3) is 0 Å². The van der Waals surface area contributed by atoms with Gasteiger partial charge in [0.15, 0.2) is 32.1 Å². The summed E-state index contributed by atoms with van der Waals surface area (Å²) in [6.07, 6.45) is -0.985. The molecular formula is C26H44N2O7Si. The summed E-state index contributed by atoms with van der Waals surface area (Å²) in [4.78, 5) is 35.5. The lowest BCUT2D eigenvalue weighted by molar-refractivity contribution is -0.154. The number of hydrogen-bond donors (Lipinski definition) is 0. The minimum atomic E-state index is -2.19. The molecule has 1 aromatic rings. The van der Waals surface area contributed by atoms with Crippen LogP contribution in [0, 0.1) is 0 Å². The van der Waals surface area contributed by atoms with E-state index in [0.717, 1.165) is 0 Å². The highest BCUT2D eigenvalue weighted by molar-refractivity contribution is 6.74. The molecule has 0 aliphatic carbocycles. The molecule has 1 saturated heterocycles. The van der Waals surface area contributed by atoms with E-state index in [2.05, 4.69) is 43.8 Å². The molecule has 0 N–H and O–H groups in total. The van der Waals surface area contributed by atoms with E-state index in [1.54, 1.807) is 13.8 Å². The molecule has 36 heavy (non-hydrogen) atoms. The Morgan fingerprint density at radius 2 is 1.47 bits per heavy atom. The van der Waals surface area contributed by atoms with Gasteiger partial charge in [0.25, 0.3) is 0 Å². The fraction of sp³-hybridized carbons (Fsp3) is 0.769. The molecule has 1 fully saturated rings. The van der Waals surface area contributed by atoms with Gasteiger partial charge < -0.3 is 23.4 Å². The first-order chi connectivity index (χ1) is 16.0. The molecule has 1 aromatic heterocycles. The van der Waals surface area contributed by atoms with E-state index in [9.17, 15) is 9.59 Å². The fourth-order valence-corrected chi connectivity index (χ4v) is 4.04. The molecule has 1 aliphatic heterocycles. The molecule has 0 radical (unpaired) electrons. The Kier molecular flexibility index (Phi) is 8.52. The maximum atomic E-state index is 13.7. The second-order valence-electron chi connectivity index (χ2n) is 13.2. The summed E-state index contributed by atoms with van der Waals surface area (Å²) in [5.74, 6) is -1.94. The van der Waals surface area contributed by atoms with Gasteiger partial charge in [-0.15, -0.1) is 0 Å². The van der Waals surface area contributed by atoms with Crippen LogP contribution in [0.1, 0.15) is 86.5 Å². The first-order valence-corrected chi connectivity index (χ1v) is 15.2. The zero-order valence-corrected chi connectivity index (χ0v) is 25.2. The number of aromatic nitrogens is 2. The van der Waals surface area contributed by atoms with Gasteiger partial charge in [-0.25, -0.2) is 4.98 Å². The third-order valence-corrected chi connectivity index (χ3v) is 10.3. The number of carbonyl (C=O) groups excluding carboxylic acids is 2. The average Bonchev–Trinajstić information content (AvgIpc) is 2.98. The average molecular weight is 525 g/mol. The lowest BCUT2D eigenvalue weighted by Gasteiger charge is -2.36. The quantitative estimate of drug-likeness (QED) is 0.338. The highest BCUT2D eigenvalue weighted by Gasteiger charge is 2.50. The molecule has 0 bridgehead atoms. The largest absolute Gasteiger partial charge is 0.471 e. The summed E-state index contributed by atoms with van der Waals surface area (Å²) in [6.45, 7) is 24.7. The Bertz CT molecular complexity index is 972. The van der Waals surface area contributed by atoms with Crippen molar-refractivity contribution in [2.24, 2.45) is 0 Å². The Hall–Kier alpha value is -1.88. The SMILES string of the molecule is CC(C)(C)Oc1ncc(C(=O)[C@@H]2OC(C)(C)O[C@@H]2C(=O)CO[Si](C)(C)C(C)(C)C)c(OC(C)(C)C)n1. The van der Waals surface area contributed by atoms with Crippen molar-refractivity contribution < 1.29 is 33.0 Å². The molecule has 2 rings (SSSR count). The molecule has 9 nitrogen and oxygen atoms in total. The molecule has 0 amide bonds. The Labute approximate surface area is 216 Å². The molecule has 0 aromatic carbocycles. The van der Waals surface area contributed by atoms with Gasteiger partial charge in [-0.1, -0.05) is 20.8 Å². The Morgan fingerprint density at radius 3 is 1.97 bits per heavy atom. The summed E-state index contributed by atoms with van der Waals surface area (Å²) in [6, 6.07) is 0.0811. The van der Waals surface area contributed by atoms with Crippen molar-refractivity contribution in [1.29, 1.82) is 0 Å². The maximum Gasteiger partial charge on any atom is 0.320 e. The molecule has 2 atom stereocenters. The normalized spacial score (nSPS) is 20.8. The van der Waals surface area contributed by atoms with E-state index in [1.165, 1.54) is 6.20 Å². The van der Waals surface area contributed by atoms with Gasteiger partial charge in [0, 0.05) is 6.20 Å². The molecule has 0 spiro atoms. The van der Waals surface area contributed by atoms with Gasteiger partial charge in [-0.05, 0) is 73.5 Å². The number of carbonyl (C=O) groups is 2. The maximum absolute atomic E-state index is 13.7. The van der Waals surface area contributed by atoms with Crippen LogP contribution in [-0.2, 0) is 18.7 Å². The van der Waals surface area contributed by atoms with Crippen LogP contribution in [0.3, 0.4) is 0 Å². The predicted octanol–water partition coefficient (Wildman–Crippen LogP) is 5.12. The van der Waals surface area contributed by atoms with Gasteiger partial charge >= 0.3 is 6.01 Å². The van der Waals surface area contributed by atoms with E-state index in [4.69, 9.17) is 23.4 Å². The topological polar surface area (TPSA) is 106 Å². The summed E-state index contributed by atoms with van der Waals surface area (Å²) < 4.78 is 29.7. The van der Waals surface area contributed by atoms with Crippen molar-refractivity contribution in [1.82, 2.24) is 9.97 Å². The highest BCUT2D eigenvalue weighted by atomic mass is 28.4. The summed E-state index contributed by atoms with van der Waals surface area (Å²) in [7, 11) is -2.19. The van der Waals surface area contributed by atoms with Gasteiger partial charge in [-0.2, -0.15) is 4.98 Å². The Balaban J connectivity index is 2.38. The molecule has 0 unspecified atom stereocenters. The molecule has 0 saturated carbocycles. The van der Waals surface area contributed by atoms with Gasteiger partial charge in [0.1, 0.15) is 16.8 Å². The summed E-state index contributed by atoms with van der Waals surface area (Å²) in [5.41, 5.74) is -1.11. The number of hydrogen-bond acceptors (Lipinski definition) is 9. The minimum Gasteiger partial charge on any atom is -0.471 e. The second-order valence-corrected chi connectivity index (χ2v) is 18.0. The van der Waals surface area contributed by atoms with Crippen LogP contribution in [0.2, 0.25) is 18.1 Å². The van der Waals surface area contributed by atoms with E-state index in [0.29, 0.717) is 0 Å². The van der Waals surface area contributed by atoms with Crippen molar-refractivity contribution in [2.45, 2.75) is 123 Å². The first-order valence-electron chi connectivity index (χ1n) is 12.3. The van der Waals surface area contributed by atoms with E-state index >= 15 is 0 Å². The first kappa shape index (κ1) is 30.3. The lowest BCUT2D eigenvalue weighted by Crippen LogP contribution is -2.45. The van der Waals surface area contributed by atoms with Crippen molar-refractivity contribution in [3.8, 4) is 11.9 Å². The molecular weight excluding hydrogens is 480 g/mol. The number of Topliss-reactive ketones (excluding diaryl/α,β-unsaturated/α-hetero) is 2. The molecule has 10 heteroatoms. The van der Waals surface area contributed by atoms with Crippen molar-refractivity contribution in [3.05, 3.63) is 11.8 Å². The van der Waals surface area contributed by atoms with E-state index in [1.807, 2.05) is 41.5 Å². The van der Waals surface area contributed by atoms with Gasteiger partial charge in [0.2, 0.25) is 11.7 Å². The highest BCUT2D eigenvalue weighted by Crippen LogP contribution is 2.37. The number of ether oxygens (including phenoxy) is 4. The smallest absolute Gasteiger partial charge is 0.320 e. The zero-order valence-electron chi connectivity index (χ0n) is 24.2. The van der Waals surface area contributed by atoms with Crippen molar-refractivity contribution in [2.75, 3.05) is 6.61 Å². The molecule has 1 aliphatic rings. The second kappa shape index (κ2) is 10.1. The fourth-order valence-electron chi connectivity index (χ4n) is 3.10. The van der Waals surface area contributed by atoms with E-state index in [-0.39, 0.29) is 34.9 Å². The standard InChI is InChI=1S/C26H44N2O7Si/c1-23(2,3)34-21-16(14-27-22(28-21)35-24(4,5)6)18(30)20-19(32-26(10,11)33-20)17(29)15-31-36(12,13)25(7,8)9/h14,19-20H,15H2,1-13H3/t19-,20+/m1/s1.